The van der Waals surface area contributed by atoms with Crippen molar-refractivity contribution in [2.45, 2.75) is 38.4 Å². The molecule has 2 aliphatic heterocycles. The molecule has 0 atom stereocenters. The predicted octanol–water partition coefficient (Wildman–Crippen LogP) is 4.56. The van der Waals surface area contributed by atoms with E-state index in [1.54, 1.807) is 31.3 Å². The second-order valence-electron chi connectivity index (χ2n) is 9.17. The van der Waals surface area contributed by atoms with Crippen LogP contribution in [0.1, 0.15) is 59.0 Å². The van der Waals surface area contributed by atoms with Crippen LogP contribution in [-0.4, -0.2) is 54.9 Å². The van der Waals surface area contributed by atoms with Crippen LogP contribution < -0.4 is 14.2 Å². The summed E-state index contributed by atoms with van der Waals surface area (Å²) < 4.78 is 22.9. The van der Waals surface area contributed by atoms with Crippen LogP contribution in [0.15, 0.2) is 42.5 Å². The van der Waals surface area contributed by atoms with Crippen molar-refractivity contribution in [2.24, 2.45) is 0 Å². The summed E-state index contributed by atoms with van der Waals surface area (Å²) in [5.41, 5.74) is 2.33. The van der Waals surface area contributed by atoms with Gasteiger partial charge in [-0.2, -0.15) is 0 Å². The molecule has 0 saturated carbocycles. The number of carbonyl (C=O) groups excluding carboxylic acids is 2. The van der Waals surface area contributed by atoms with Gasteiger partial charge in [-0.25, -0.2) is 9.78 Å². The minimum Gasteiger partial charge on any atom is -0.496 e. The van der Waals surface area contributed by atoms with Gasteiger partial charge in [-0.15, -0.1) is 0 Å². The largest absolute Gasteiger partial charge is 0.496 e. The summed E-state index contributed by atoms with van der Waals surface area (Å²) in [6.45, 7) is 4.86. The summed E-state index contributed by atoms with van der Waals surface area (Å²) in [6, 6.07) is 12.8. The molecule has 3 heterocycles. The lowest BCUT2D eigenvalue weighted by Crippen LogP contribution is -2.53. The van der Waals surface area contributed by atoms with Crippen LogP contribution in [0.2, 0.25) is 0 Å². The lowest BCUT2D eigenvalue weighted by molar-refractivity contribution is -0.177. The van der Waals surface area contributed by atoms with Crippen LogP contribution in [-0.2, 0) is 4.74 Å². The Morgan fingerprint density at radius 1 is 1.03 bits per heavy atom. The lowest BCUT2D eigenvalue weighted by Gasteiger charge is -2.43. The van der Waals surface area contributed by atoms with Crippen LogP contribution in [0.3, 0.4) is 0 Å². The van der Waals surface area contributed by atoms with E-state index in [0.717, 1.165) is 10.9 Å². The number of nitrogens with zero attached hydrogens (tertiary/aromatic N) is 2. The van der Waals surface area contributed by atoms with Gasteiger partial charge in [0, 0.05) is 37.4 Å². The van der Waals surface area contributed by atoms with Gasteiger partial charge in [-0.3, -0.25) is 4.79 Å². The SMILES string of the molecule is COc1cc(C(=O)N2CCC3(CC2)OC(=O)c2cc(C(C)C)ccc2O3)nc2c(OC)cccc12. The molecule has 1 amide bonds. The molecule has 182 valence electrons. The molecule has 5 rings (SSSR count). The van der Waals surface area contributed by atoms with Gasteiger partial charge >= 0.3 is 5.97 Å². The third kappa shape index (κ3) is 4.03. The number of para-hydroxylation sites is 1. The van der Waals surface area contributed by atoms with E-state index in [1.165, 1.54) is 0 Å². The van der Waals surface area contributed by atoms with Crippen molar-refractivity contribution in [2.75, 3.05) is 27.3 Å². The smallest absolute Gasteiger partial charge is 0.345 e. The van der Waals surface area contributed by atoms with Gasteiger partial charge in [0.05, 0.1) is 14.2 Å². The first-order valence-electron chi connectivity index (χ1n) is 11.7. The van der Waals surface area contributed by atoms with E-state index in [1.807, 2.05) is 30.3 Å². The van der Waals surface area contributed by atoms with Crippen molar-refractivity contribution < 1.29 is 28.5 Å². The molecular weight excluding hydrogens is 448 g/mol. The maximum atomic E-state index is 13.4. The number of hydrogen-bond acceptors (Lipinski definition) is 7. The maximum absolute atomic E-state index is 13.4. The second-order valence-corrected chi connectivity index (χ2v) is 9.17. The number of esters is 1. The summed E-state index contributed by atoms with van der Waals surface area (Å²) >= 11 is 0. The molecule has 0 aliphatic carbocycles. The van der Waals surface area contributed by atoms with Gasteiger partial charge in [0.1, 0.15) is 34.0 Å². The Balaban J connectivity index is 1.36. The maximum Gasteiger partial charge on any atom is 0.345 e. The van der Waals surface area contributed by atoms with Gasteiger partial charge in [-0.05, 0) is 35.7 Å². The first-order chi connectivity index (χ1) is 16.8. The average molecular weight is 477 g/mol. The Hall–Kier alpha value is -3.81. The minimum absolute atomic E-state index is 0.227. The van der Waals surface area contributed by atoms with E-state index in [4.69, 9.17) is 18.9 Å². The normalized spacial score (nSPS) is 16.6. The van der Waals surface area contributed by atoms with E-state index < -0.39 is 5.79 Å². The molecule has 1 saturated heterocycles. The number of methoxy groups -OCH3 is 2. The number of rotatable bonds is 4. The van der Waals surface area contributed by atoms with Crippen molar-refractivity contribution >= 4 is 22.8 Å². The van der Waals surface area contributed by atoms with Gasteiger partial charge in [0.25, 0.3) is 11.7 Å². The highest BCUT2D eigenvalue weighted by Gasteiger charge is 2.46. The van der Waals surface area contributed by atoms with Crippen molar-refractivity contribution in [3.63, 3.8) is 0 Å². The highest BCUT2D eigenvalue weighted by molar-refractivity contribution is 5.98. The average Bonchev–Trinajstić information content (AvgIpc) is 2.87. The molecule has 35 heavy (non-hydrogen) atoms. The number of fused-ring (bicyclic) bond motifs is 2. The number of benzene rings is 2. The van der Waals surface area contributed by atoms with Gasteiger partial charge < -0.3 is 23.8 Å². The van der Waals surface area contributed by atoms with Crippen LogP contribution in [0.5, 0.6) is 17.2 Å². The van der Waals surface area contributed by atoms with Crippen LogP contribution >= 0.6 is 0 Å². The monoisotopic (exact) mass is 476 g/mol. The number of hydrogen-bond donors (Lipinski definition) is 0. The third-order valence-electron chi connectivity index (χ3n) is 6.70. The number of likely N-dealkylation sites (tertiary alicyclic amines) is 1. The topological polar surface area (TPSA) is 87.2 Å². The first-order valence-corrected chi connectivity index (χ1v) is 11.7. The highest BCUT2D eigenvalue weighted by atomic mass is 16.7. The van der Waals surface area contributed by atoms with E-state index in [2.05, 4.69) is 18.8 Å². The molecular formula is C27H28N2O6. The quantitative estimate of drug-likeness (QED) is 0.510. The molecule has 2 aromatic carbocycles. The van der Waals surface area contributed by atoms with Gasteiger partial charge in [0.15, 0.2) is 0 Å². The number of ether oxygens (including phenoxy) is 4. The minimum atomic E-state index is -1.07. The highest BCUT2D eigenvalue weighted by Crippen LogP contribution is 2.39. The van der Waals surface area contributed by atoms with Crippen LogP contribution in [0, 0.1) is 0 Å². The predicted molar refractivity (Wildman–Crippen MR) is 129 cm³/mol. The molecule has 0 N–H and O–H groups in total. The Labute approximate surface area is 203 Å². The van der Waals surface area contributed by atoms with Crippen molar-refractivity contribution in [3.05, 3.63) is 59.3 Å². The fourth-order valence-corrected chi connectivity index (χ4v) is 4.65. The fourth-order valence-electron chi connectivity index (χ4n) is 4.65. The summed E-state index contributed by atoms with van der Waals surface area (Å²) in [4.78, 5) is 32.5. The summed E-state index contributed by atoms with van der Waals surface area (Å²) in [7, 11) is 3.12. The zero-order valence-corrected chi connectivity index (χ0v) is 20.3. The first kappa shape index (κ1) is 23.0. The van der Waals surface area contributed by atoms with Crippen molar-refractivity contribution in [1.29, 1.82) is 0 Å². The molecule has 8 heteroatoms. The molecule has 8 nitrogen and oxygen atoms in total. The number of piperidine rings is 1. The lowest BCUT2D eigenvalue weighted by atomic mass is 9.97. The number of pyridine rings is 1. The Morgan fingerprint density at radius 3 is 2.46 bits per heavy atom. The summed E-state index contributed by atoms with van der Waals surface area (Å²) in [5.74, 6) is 0.246. The van der Waals surface area contributed by atoms with Gasteiger partial charge in [-0.1, -0.05) is 26.0 Å². The van der Waals surface area contributed by atoms with E-state index in [-0.39, 0.29) is 17.6 Å². The molecule has 3 aromatic rings. The van der Waals surface area contributed by atoms with Gasteiger partial charge in [0.2, 0.25) is 0 Å². The second kappa shape index (κ2) is 8.76. The molecule has 0 radical (unpaired) electrons. The van der Waals surface area contributed by atoms with E-state index in [9.17, 15) is 9.59 Å². The standard InChI is InChI=1S/C27H28N2O6/c1-16(2)17-8-9-21-19(14-17)26(31)35-27(34-21)10-12-29(13-11-27)25(30)20-15-23(33-4)18-6-5-7-22(32-3)24(18)28-20/h5-9,14-16H,10-13H2,1-4H3. The zero-order valence-electron chi connectivity index (χ0n) is 20.3. The summed E-state index contributed by atoms with van der Waals surface area (Å²) in [5, 5.41) is 0.766. The molecule has 0 unspecified atom stereocenters. The Bertz CT molecular complexity index is 1310. The number of amides is 1. The molecule has 0 bridgehead atoms. The Kier molecular flexibility index (Phi) is 5.75. The third-order valence-corrected chi connectivity index (χ3v) is 6.70. The molecule has 1 aromatic heterocycles. The van der Waals surface area contributed by atoms with E-state index in [0.29, 0.717) is 60.2 Å². The van der Waals surface area contributed by atoms with Crippen molar-refractivity contribution in [3.8, 4) is 17.2 Å². The Morgan fingerprint density at radius 2 is 1.77 bits per heavy atom. The summed E-state index contributed by atoms with van der Waals surface area (Å²) in [6.07, 6.45) is 0.730. The van der Waals surface area contributed by atoms with Crippen molar-refractivity contribution in [1.82, 2.24) is 9.88 Å². The molecule has 1 fully saturated rings. The van der Waals surface area contributed by atoms with Crippen LogP contribution in [0.4, 0.5) is 0 Å². The fraction of sp³-hybridized carbons (Fsp3) is 0.370. The zero-order chi connectivity index (χ0) is 24.7. The van der Waals surface area contributed by atoms with Crippen LogP contribution in [0.25, 0.3) is 10.9 Å². The molecule has 1 spiro atoms. The molecule has 2 aliphatic rings. The number of carbonyl (C=O) groups is 2. The van der Waals surface area contributed by atoms with E-state index >= 15 is 0 Å². The number of aromatic nitrogens is 1.